The van der Waals surface area contributed by atoms with Crippen molar-refractivity contribution in [3.05, 3.63) is 35.8 Å². The highest BCUT2D eigenvalue weighted by Crippen LogP contribution is 2.36. The van der Waals surface area contributed by atoms with Crippen molar-refractivity contribution in [3.8, 4) is 16.9 Å². The molecule has 122 valence electrons. The Hall–Kier alpha value is -2.10. The van der Waals surface area contributed by atoms with Crippen LogP contribution in [0, 0.1) is 13.8 Å². The van der Waals surface area contributed by atoms with Crippen molar-refractivity contribution < 1.29 is 4.74 Å². The maximum atomic E-state index is 5.97. The highest BCUT2D eigenvalue weighted by molar-refractivity contribution is 5.80. The van der Waals surface area contributed by atoms with Crippen molar-refractivity contribution in [2.24, 2.45) is 0 Å². The second-order valence-electron chi connectivity index (χ2n) is 7.19. The monoisotopic (exact) mass is 311 g/mol. The van der Waals surface area contributed by atoms with E-state index < -0.39 is 0 Å². The van der Waals surface area contributed by atoms with E-state index in [2.05, 4.69) is 61.6 Å². The fourth-order valence-corrected chi connectivity index (χ4v) is 2.88. The van der Waals surface area contributed by atoms with Gasteiger partial charge in [-0.3, -0.25) is 0 Å². The van der Waals surface area contributed by atoms with Crippen molar-refractivity contribution in [2.45, 2.75) is 46.6 Å². The van der Waals surface area contributed by atoms with Crippen LogP contribution in [0.1, 0.15) is 38.4 Å². The van der Waals surface area contributed by atoms with Gasteiger partial charge in [0.15, 0.2) is 0 Å². The number of hydrogen-bond acceptors (Lipinski definition) is 4. The van der Waals surface area contributed by atoms with Crippen LogP contribution in [0.3, 0.4) is 0 Å². The molecule has 2 heterocycles. The first-order chi connectivity index (χ1) is 10.8. The van der Waals surface area contributed by atoms with E-state index in [1.165, 1.54) is 17.5 Å². The molecular formula is C19H25N3O. The van der Waals surface area contributed by atoms with E-state index in [0.29, 0.717) is 0 Å². The van der Waals surface area contributed by atoms with Gasteiger partial charge in [-0.2, -0.15) is 0 Å². The van der Waals surface area contributed by atoms with Crippen LogP contribution in [0.25, 0.3) is 11.1 Å². The van der Waals surface area contributed by atoms with Gasteiger partial charge in [0.1, 0.15) is 23.5 Å². The first kappa shape index (κ1) is 15.8. The van der Waals surface area contributed by atoms with E-state index in [-0.39, 0.29) is 5.60 Å². The maximum absolute atomic E-state index is 5.97. The molecule has 0 saturated carbocycles. The Bertz CT molecular complexity index is 715. The van der Waals surface area contributed by atoms with Crippen LogP contribution < -0.4 is 9.64 Å². The van der Waals surface area contributed by atoms with Crippen molar-refractivity contribution >= 4 is 5.82 Å². The molecule has 0 N–H and O–H groups in total. The molecule has 1 aliphatic heterocycles. The van der Waals surface area contributed by atoms with Gasteiger partial charge in [0.2, 0.25) is 0 Å². The molecule has 4 heteroatoms. The van der Waals surface area contributed by atoms with Gasteiger partial charge in [0, 0.05) is 18.7 Å². The third-order valence-electron chi connectivity index (χ3n) is 4.06. The molecule has 3 rings (SSSR count). The van der Waals surface area contributed by atoms with Gasteiger partial charge in [-0.15, -0.1) is 0 Å². The third kappa shape index (κ3) is 3.31. The van der Waals surface area contributed by atoms with Crippen molar-refractivity contribution in [1.82, 2.24) is 9.97 Å². The molecule has 2 aromatic rings. The van der Waals surface area contributed by atoms with Gasteiger partial charge in [-0.1, -0.05) is 6.07 Å². The molecule has 1 aromatic heterocycles. The third-order valence-corrected chi connectivity index (χ3v) is 4.06. The topological polar surface area (TPSA) is 38.3 Å². The molecule has 1 saturated heterocycles. The van der Waals surface area contributed by atoms with Crippen LogP contribution in [0.15, 0.2) is 24.5 Å². The molecular weight excluding hydrogens is 286 g/mol. The lowest BCUT2D eigenvalue weighted by atomic mass is 9.98. The Balaban J connectivity index is 2.02. The van der Waals surface area contributed by atoms with Crippen LogP contribution in [0.5, 0.6) is 5.75 Å². The van der Waals surface area contributed by atoms with E-state index >= 15 is 0 Å². The fourth-order valence-electron chi connectivity index (χ4n) is 2.88. The summed E-state index contributed by atoms with van der Waals surface area (Å²) in [7, 11) is 0. The number of nitrogens with zero attached hydrogens (tertiary/aromatic N) is 3. The van der Waals surface area contributed by atoms with E-state index in [1.54, 1.807) is 6.33 Å². The van der Waals surface area contributed by atoms with Gasteiger partial charge in [0.05, 0.1) is 5.69 Å². The summed E-state index contributed by atoms with van der Waals surface area (Å²) in [5.74, 6) is 1.95. The number of aryl methyl sites for hydroxylation is 2. The highest BCUT2D eigenvalue weighted by atomic mass is 16.5. The molecule has 1 fully saturated rings. The predicted octanol–water partition coefficient (Wildman–Crippen LogP) is 4.15. The van der Waals surface area contributed by atoms with Crippen molar-refractivity contribution in [1.29, 1.82) is 0 Å². The molecule has 0 unspecified atom stereocenters. The summed E-state index contributed by atoms with van der Waals surface area (Å²) >= 11 is 0. The Morgan fingerprint density at radius 2 is 1.83 bits per heavy atom. The van der Waals surface area contributed by atoms with Crippen molar-refractivity contribution in [2.75, 3.05) is 18.0 Å². The van der Waals surface area contributed by atoms with E-state index in [1.807, 2.05) is 6.07 Å². The second-order valence-corrected chi connectivity index (χ2v) is 7.19. The van der Waals surface area contributed by atoms with Crippen LogP contribution in [0.2, 0.25) is 0 Å². The molecule has 1 aromatic carbocycles. The lowest BCUT2D eigenvalue weighted by Gasteiger charge is -2.34. The summed E-state index contributed by atoms with van der Waals surface area (Å²) in [6.07, 6.45) is 2.90. The Morgan fingerprint density at radius 3 is 2.39 bits per heavy atom. The summed E-state index contributed by atoms with van der Waals surface area (Å²) in [5, 5.41) is 0. The average molecular weight is 311 g/mol. The average Bonchev–Trinajstić information content (AvgIpc) is 2.36. The number of ether oxygens (including phenoxy) is 1. The summed E-state index contributed by atoms with van der Waals surface area (Å²) in [6.45, 7) is 12.5. The van der Waals surface area contributed by atoms with E-state index in [0.717, 1.165) is 35.9 Å². The minimum absolute atomic E-state index is 0.192. The second kappa shape index (κ2) is 5.84. The smallest absolute Gasteiger partial charge is 0.140 e. The summed E-state index contributed by atoms with van der Waals surface area (Å²) < 4.78 is 5.97. The molecule has 4 nitrogen and oxygen atoms in total. The summed E-state index contributed by atoms with van der Waals surface area (Å²) in [5.41, 5.74) is 4.35. The van der Waals surface area contributed by atoms with Gasteiger partial charge >= 0.3 is 0 Å². The van der Waals surface area contributed by atoms with Crippen LogP contribution in [-0.2, 0) is 0 Å². The molecule has 0 aliphatic carbocycles. The first-order valence-electron chi connectivity index (χ1n) is 8.22. The Labute approximate surface area is 138 Å². The van der Waals surface area contributed by atoms with Crippen molar-refractivity contribution in [3.63, 3.8) is 0 Å². The largest absolute Gasteiger partial charge is 0.488 e. The first-order valence-corrected chi connectivity index (χ1v) is 8.22. The molecule has 0 radical (unpaired) electrons. The van der Waals surface area contributed by atoms with Crippen LogP contribution in [-0.4, -0.2) is 28.7 Å². The van der Waals surface area contributed by atoms with Gasteiger partial charge < -0.3 is 9.64 Å². The van der Waals surface area contributed by atoms with E-state index in [9.17, 15) is 0 Å². The molecule has 0 spiro atoms. The zero-order valence-electron chi connectivity index (χ0n) is 14.7. The van der Waals surface area contributed by atoms with Crippen LogP contribution >= 0.6 is 0 Å². The standard InChI is InChI=1S/C19H25N3O/c1-13-11-15(23-19(3,4)5)7-8-16(13)17-14(2)20-12-21-18(17)22-9-6-10-22/h7-8,11-12H,6,9-10H2,1-5H3. The fraction of sp³-hybridized carbons (Fsp3) is 0.474. The molecule has 23 heavy (non-hydrogen) atoms. The van der Waals surface area contributed by atoms with Gasteiger partial charge in [-0.25, -0.2) is 9.97 Å². The Kier molecular flexibility index (Phi) is 4.00. The minimum atomic E-state index is -0.192. The number of aromatic nitrogens is 2. The quantitative estimate of drug-likeness (QED) is 0.853. The number of hydrogen-bond donors (Lipinski definition) is 0. The highest BCUT2D eigenvalue weighted by Gasteiger charge is 2.23. The SMILES string of the molecule is Cc1cc(OC(C)(C)C)ccc1-c1c(C)ncnc1N1CCC1. The number of rotatable bonds is 3. The molecule has 0 amide bonds. The van der Waals surface area contributed by atoms with Crippen LogP contribution in [0.4, 0.5) is 5.82 Å². The zero-order valence-corrected chi connectivity index (χ0v) is 14.7. The molecule has 0 atom stereocenters. The number of anilines is 1. The van der Waals surface area contributed by atoms with Gasteiger partial charge in [-0.05, 0) is 64.3 Å². The minimum Gasteiger partial charge on any atom is -0.488 e. The lowest BCUT2D eigenvalue weighted by molar-refractivity contribution is 0.131. The van der Waals surface area contributed by atoms with Gasteiger partial charge in [0.25, 0.3) is 0 Å². The van der Waals surface area contributed by atoms with E-state index in [4.69, 9.17) is 4.74 Å². The maximum Gasteiger partial charge on any atom is 0.140 e. The normalized spacial score (nSPS) is 14.6. The zero-order chi connectivity index (χ0) is 16.6. The molecule has 1 aliphatic rings. The summed E-state index contributed by atoms with van der Waals surface area (Å²) in [6, 6.07) is 6.28. The predicted molar refractivity (Wildman–Crippen MR) is 94.2 cm³/mol. The molecule has 0 bridgehead atoms. The number of benzene rings is 1. The lowest BCUT2D eigenvalue weighted by Crippen LogP contribution is -2.38. The summed E-state index contributed by atoms with van der Waals surface area (Å²) in [4.78, 5) is 11.3. The Morgan fingerprint density at radius 1 is 1.09 bits per heavy atom.